The number of fused-ring (bicyclic) bond motifs is 1. The van der Waals surface area contributed by atoms with Gasteiger partial charge in [-0.05, 0) is 43.4 Å². The number of carbonyl (C=O) groups excluding carboxylic acids is 1. The van der Waals surface area contributed by atoms with Gasteiger partial charge in [-0.2, -0.15) is 5.10 Å². The van der Waals surface area contributed by atoms with Crippen molar-refractivity contribution in [3.8, 4) is 0 Å². The number of halogens is 1. The quantitative estimate of drug-likeness (QED) is 0.906. The average Bonchev–Trinajstić information content (AvgIpc) is 2.97. The van der Waals surface area contributed by atoms with Crippen molar-refractivity contribution in [2.75, 3.05) is 13.1 Å². The third-order valence-electron chi connectivity index (χ3n) is 5.81. The van der Waals surface area contributed by atoms with E-state index >= 15 is 0 Å². The molecular formula is C18H29ClN4O. The first-order chi connectivity index (χ1) is 11.0. The lowest BCUT2D eigenvalue weighted by Gasteiger charge is -2.19. The average molecular weight is 353 g/mol. The molecule has 3 fully saturated rings. The van der Waals surface area contributed by atoms with E-state index in [0.717, 1.165) is 31.6 Å². The summed E-state index contributed by atoms with van der Waals surface area (Å²) in [6.07, 6.45) is 6.50. The normalized spacial score (nSPS) is 29.0. The summed E-state index contributed by atoms with van der Waals surface area (Å²) in [4.78, 5) is 15.1. The van der Waals surface area contributed by atoms with E-state index in [0.29, 0.717) is 23.7 Å². The number of hydrogen-bond acceptors (Lipinski definition) is 3. The number of carbonyl (C=O) groups is 1. The van der Waals surface area contributed by atoms with Crippen LogP contribution >= 0.6 is 12.4 Å². The van der Waals surface area contributed by atoms with Crippen molar-refractivity contribution in [3.05, 3.63) is 17.5 Å². The Morgan fingerprint density at radius 1 is 1.29 bits per heavy atom. The minimum absolute atomic E-state index is 0. The second kappa shape index (κ2) is 6.68. The van der Waals surface area contributed by atoms with Crippen LogP contribution in [-0.4, -0.2) is 39.7 Å². The Bertz CT molecular complexity index is 610. The Kier molecular flexibility index (Phi) is 4.94. The number of hydrogen-bond donors (Lipinski definition) is 1. The highest BCUT2D eigenvalue weighted by Crippen LogP contribution is 2.43. The van der Waals surface area contributed by atoms with Crippen molar-refractivity contribution >= 4 is 18.3 Å². The van der Waals surface area contributed by atoms with Crippen molar-refractivity contribution < 1.29 is 4.79 Å². The highest BCUT2D eigenvalue weighted by molar-refractivity contribution is 5.95. The molecule has 3 unspecified atom stereocenters. The molecule has 2 N–H and O–H groups in total. The van der Waals surface area contributed by atoms with Gasteiger partial charge in [-0.25, -0.2) is 0 Å². The first-order valence-corrected chi connectivity index (χ1v) is 9.15. The van der Waals surface area contributed by atoms with E-state index in [4.69, 9.17) is 5.73 Å². The van der Waals surface area contributed by atoms with Gasteiger partial charge < -0.3 is 10.6 Å². The number of rotatable bonds is 4. The number of likely N-dealkylation sites (tertiary alicyclic amines) is 1. The van der Waals surface area contributed by atoms with Gasteiger partial charge in [0, 0.05) is 31.6 Å². The van der Waals surface area contributed by atoms with Crippen LogP contribution in [0.3, 0.4) is 0 Å². The van der Waals surface area contributed by atoms with Crippen molar-refractivity contribution in [2.24, 2.45) is 23.5 Å². The van der Waals surface area contributed by atoms with E-state index in [2.05, 4.69) is 23.6 Å². The van der Waals surface area contributed by atoms with Gasteiger partial charge in [0.1, 0.15) is 0 Å². The fourth-order valence-electron chi connectivity index (χ4n) is 4.48. The van der Waals surface area contributed by atoms with Crippen LogP contribution in [0.25, 0.3) is 0 Å². The Hall–Kier alpha value is -1.07. The van der Waals surface area contributed by atoms with Gasteiger partial charge in [-0.15, -0.1) is 12.4 Å². The lowest BCUT2D eigenvalue weighted by molar-refractivity contribution is 0.0778. The van der Waals surface area contributed by atoms with E-state index in [1.54, 1.807) is 0 Å². The molecule has 1 aromatic heterocycles. The lowest BCUT2D eigenvalue weighted by Crippen LogP contribution is -2.33. The molecule has 134 valence electrons. The van der Waals surface area contributed by atoms with Crippen LogP contribution in [-0.2, 0) is 6.54 Å². The molecule has 0 bridgehead atoms. The number of nitrogens with zero attached hydrogens (tertiary/aromatic N) is 3. The van der Waals surface area contributed by atoms with Gasteiger partial charge in [-0.3, -0.25) is 9.48 Å². The van der Waals surface area contributed by atoms with Crippen LogP contribution in [0.1, 0.15) is 61.5 Å². The third kappa shape index (κ3) is 3.08. The van der Waals surface area contributed by atoms with Crippen molar-refractivity contribution in [3.63, 3.8) is 0 Å². The Balaban J connectivity index is 0.00000169. The van der Waals surface area contributed by atoms with E-state index in [1.165, 1.54) is 25.0 Å². The summed E-state index contributed by atoms with van der Waals surface area (Å²) in [6, 6.07) is 0.282. The summed E-state index contributed by atoms with van der Waals surface area (Å²) in [7, 11) is 0. The van der Waals surface area contributed by atoms with Crippen LogP contribution < -0.4 is 5.73 Å². The third-order valence-corrected chi connectivity index (χ3v) is 5.81. The van der Waals surface area contributed by atoms with Crippen molar-refractivity contribution in [2.45, 2.75) is 58.0 Å². The molecule has 24 heavy (non-hydrogen) atoms. The summed E-state index contributed by atoms with van der Waals surface area (Å²) in [5, 5.41) is 4.54. The number of aromatic nitrogens is 2. The SMILES string of the molecule is CC(C)Cn1ncc(C(=O)N2CC3CCC(N)C3C2)c1C1CC1.Cl. The van der Waals surface area contributed by atoms with Gasteiger partial charge in [0.15, 0.2) is 0 Å². The van der Waals surface area contributed by atoms with E-state index < -0.39 is 0 Å². The molecular weight excluding hydrogens is 324 g/mol. The fourth-order valence-corrected chi connectivity index (χ4v) is 4.48. The summed E-state index contributed by atoms with van der Waals surface area (Å²) >= 11 is 0. The van der Waals surface area contributed by atoms with E-state index in [9.17, 15) is 4.79 Å². The van der Waals surface area contributed by atoms with Crippen LogP contribution in [0.15, 0.2) is 6.20 Å². The Morgan fingerprint density at radius 3 is 2.67 bits per heavy atom. The smallest absolute Gasteiger partial charge is 0.257 e. The van der Waals surface area contributed by atoms with Crippen LogP contribution in [0.2, 0.25) is 0 Å². The van der Waals surface area contributed by atoms with Gasteiger partial charge in [0.25, 0.3) is 5.91 Å². The fraction of sp³-hybridized carbons (Fsp3) is 0.778. The van der Waals surface area contributed by atoms with Gasteiger partial charge in [-0.1, -0.05) is 13.8 Å². The largest absolute Gasteiger partial charge is 0.338 e. The summed E-state index contributed by atoms with van der Waals surface area (Å²) < 4.78 is 2.08. The van der Waals surface area contributed by atoms with Gasteiger partial charge in [0.2, 0.25) is 0 Å². The molecule has 3 aliphatic rings. The van der Waals surface area contributed by atoms with Crippen molar-refractivity contribution in [1.82, 2.24) is 14.7 Å². The highest BCUT2D eigenvalue weighted by atomic mass is 35.5. The molecule has 2 saturated carbocycles. The highest BCUT2D eigenvalue weighted by Gasteiger charge is 2.43. The zero-order valence-corrected chi connectivity index (χ0v) is 15.5. The van der Waals surface area contributed by atoms with Crippen LogP contribution in [0, 0.1) is 17.8 Å². The minimum atomic E-state index is 0. The predicted octanol–water partition coefficient (Wildman–Crippen LogP) is 2.65. The first-order valence-electron chi connectivity index (χ1n) is 9.15. The Morgan fingerprint density at radius 2 is 2.04 bits per heavy atom. The second-order valence-corrected chi connectivity index (χ2v) is 8.17. The Labute approximate surface area is 150 Å². The summed E-state index contributed by atoms with van der Waals surface area (Å²) in [6.45, 7) is 7.02. The molecule has 0 spiro atoms. The maximum Gasteiger partial charge on any atom is 0.257 e. The summed E-state index contributed by atoms with van der Waals surface area (Å²) in [5.41, 5.74) is 8.25. The van der Waals surface area contributed by atoms with E-state index in [1.807, 2.05) is 11.1 Å². The molecule has 6 heteroatoms. The zero-order chi connectivity index (χ0) is 16.1. The molecule has 4 rings (SSSR count). The topological polar surface area (TPSA) is 64.2 Å². The monoisotopic (exact) mass is 352 g/mol. The maximum absolute atomic E-state index is 13.1. The van der Waals surface area contributed by atoms with Crippen LogP contribution in [0.4, 0.5) is 0 Å². The molecule has 2 aliphatic carbocycles. The number of amides is 1. The molecule has 5 nitrogen and oxygen atoms in total. The molecule has 1 aliphatic heterocycles. The predicted molar refractivity (Wildman–Crippen MR) is 96.4 cm³/mol. The number of nitrogens with two attached hydrogens (primary N) is 1. The second-order valence-electron chi connectivity index (χ2n) is 8.17. The lowest BCUT2D eigenvalue weighted by atomic mass is 9.98. The molecule has 1 amide bonds. The first kappa shape index (κ1) is 17.7. The molecule has 1 aromatic rings. The maximum atomic E-state index is 13.1. The van der Waals surface area contributed by atoms with Gasteiger partial charge >= 0.3 is 0 Å². The zero-order valence-electron chi connectivity index (χ0n) is 14.6. The minimum Gasteiger partial charge on any atom is -0.338 e. The van der Waals surface area contributed by atoms with E-state index in [-0.39, 0.29) is 24.4 Å². The molecule has 0 aromatic carbocycles. The summed E-state index contributed by atoms with van der Waals surface area (Å²) in [5.74, 6) is 2.39. The van der Waals surface area contributed by atoms with Gasteiger partial charge in [0.05, 0.1) is 17.5 Å². The standard InChI is InChI=1S/C18H28N4O.ClH/c1-11(2)8-22-17(12-3-4-12)14(7-20-22)18(23)21-9-13-5-6-16(19)15(13)10-21;/h7,11-13,15-16H,3-6,8-10,19H2,1-2H3;1H. The molecule has 2 heterocycles. The molecule has 3 atom stereocenters. The van der Waals surface area contributed by atoms with Crippen molar-refractivity contribution in [1.29, 1.82) is 0 Å². The molecule has 0 radical (unpaired) electrons. The van der Waals surface area contributed by atoms with Crippen LogP contribution in [0.5, 0.6) is 0 Å². The molecule has 1 saturated heterocycles.